The highest BCUT2D eigenvalue weighted by atomic mass is 79.9. The molecule has 1 saturated carbocycles. The van der Waals surface area contributed by atoms with Gasteiger partial charge in [-0.15, -0.1) is 0 Å². The van der Waals surface area contributed by atoms with Crippen LogP contribution in [0.2, 0.25) is 0 Å². The van der Waals surface area contributed by atoms with E-state index in [4.69, 9.17) is 10.2 Å². The van der Waals surface area contributed by atoms with Gasteiger partial charge in [-0.3, -0.25) is 0 Å². The molecule has 1 aliphatic rings. The summed E-state index contributed by atoms with van der Waals surface area (Å²) in [6.45, 7) is 4.39. The van der Waals surface area contributed by atoms with Crippen molar-refractivity contribution in [2.75, 3.05) is 0 Å². The first-order chi connectivity index (χ1) is 6.01. The zero-order valence-electron chi connectivity index (χ0n) is 7.88. The normalized spacial score (nSPS) is 31.4. The number of furan rings is 1. The molecule has 3 heteroatoms. The summed E-state index contributed by atoms with van der Waals surface area (Å²) in [7, 11) is 0. The summed E-state index contributed by atoms with van der Waals surface area (Å²) in [6.07, 6.45) is 1.03. The van der Waals surface area contributed by atoms with Crippen LogP contribution in [0.15, 0.2) is 21.2 Å². The molecule has 1 aliphatic carbocycles. The van der Waals surface area contributed by atoms with Crippen LogP contribution in [0.5, 0.6) is 0 Å². The van der Waals surface area contributed by atoms with Gasteiger partial charge in [0.15, 0.2) is 4.67 Å². The zero-order valence-corrected chi connectivity index (χ0v) is 9.47. The van der Waals surface area contributed by atoms with Gasteiger partial charge in [0.05, 0.1) is 0 Å². The van der Waals surface area contributed by atoms with Crippen LogP contribution in [0.4, 0.5) is 0 Å². The highest BCUT2D eigenvalue weighted by molar-refractivity contribution is 9.10. The maximum absolute atomic E-state index is 5.94. The smallest absolute Gasteiger partial charge is 0.169 e. The van der Waals surface area contributed by atoms with Crippen molar-refractivity contribution in [2.24, 2.45) is 11.1 Å². The minimum Gasteiger partial charge on any atom is -0.454 e. The van der Waals surface area contributed by atoms with Crippen molar-refractivity contribution in [1.82, 2.24) is 0 Å². The predicted molar refractivity (Wildman–Crippen MR) is 55.5 cm³/mol. The van der Waals surface area contributed by atoms with Crippen molar-refractivity contribution in [1.29, 1.82) is 0 Å². The lowest BCUT2D eigenvalue weighted by molar-refractivity contribution is 0.0815. The van der Waals surface area contributed by atoms with Gasteiger partial charge in [-0.1, -0.05) is 13.8 Å². The minimum atomic E-state index is 0.178. The number of halogens is 1. The van der Waals surface area contributed by atoms with Crippen LogP contribution >= 0.6 is 15.9 Å². The molecule has 0 bridgehead atoms. The Hall–Kier alpha value is -0.280. The number of hydrogen-bond acceptors (Lipinski definition) is 2. The molecular weight excluding hydrogens is 230 g/mol. The van der Waals surface area contributed by atoms with Crippen LogP contribution in [-0.2, 0) is 0 Å². The highest BCUT2D eigenvalue weighted by Crippen LogP contribution is 2.51. The topological polar surface area (TPSA) is 39.2 Å². The minimum absolute atomic E-state index is 0.178. The summed E-state index contributed by atoms with van der Waals surface area (Å²) in [4.78, 5) is 0. The van der Waals surface area contributed by atoms with Gasteiger partial charge in [-0.2, -0.15) is 0 Å². The molecular formula is C10H14BrNO. The summed E-state index contributed by atoms with van der Waals surface area (Å²) < 4.78 is 6.34. The van der Waals surface area contributed by atoms with E-state index in [9.17, 15) is 0 Å². The third-order valence-electron chi connectivity index (χ3n) is 3.28. The van der Waals surface area contributed by atoms with Gasteiger partial charge < -0.3 is 10.2 Å². The first-order valence-corrected chi connectivity index (χ1v) is 5.32. The van der Waals surface area contributed by atoms with Gasteiger partial charge in [0.2, 0.25) is 0 Å². The Morgan fingerprint density at radius 1 is 1.54 bits per heavy atom. The monoisotopic (exact) mass is 243 g/mol. The van der Waals surface area contributed by atoms with Crippen molar-refractivity contribution in [2.45, 2.75) is 32.2 Å². The summed E-state index contributed by atoms with van der Waals surface area (Å²) in [6, 6.07) is 4.28. The molecule has 2 nitrogen and oxygen atoms in total. The Morgan fingerprint density at radius 2 is 2.23 bits per heavy atom. The molecule has 0 saturated heterocycles. The van der Waals surface area contributed by atoms with E-state index in [1.807, 2.05) is 12.1 Å². The predicted octanol–water partition coefficient (Wildman–Crippen LogP) is 2.88. The fraction of sp³-hybridized carbons (Fsp3) is 0.600. The van der Waals surface area contributed by atoms with E-state index in [-0.39, 0.29) is 5.41 Å². The second-order valence-electron chi connectivity index (χ2n) is 4.36. The van der Waals surface area contributed by atoms with Gasteiger partial charge in [0, 0.05) is 12.0 Å². The molecule has 1 heterocycles. The van der Waals surface area contributed by atoms with Crippen LogP contribution in [0, 0.1) is 5.41 Å². The second-order valence-corrected chi connectivity index (χ2v) is 5.14. The van der Waals surface area contributed by atoms with E-state index < -0.39 is 0 Å². The molecule has 13 heavy (non-hydrogen) atoms. The largest absolute Gasteiger partial charge is 0.454 e. The average Bonchev–Trinajstić information content (AvgIpc) is 2.47. The van der Waals surface area contributed by atoms with Crippen molar-refractivity contribution < 1.29 is 4.42 Å². The summed E-state index contributed by atoms with van der Waals surface area (Å²) in [5, 5.41) is 0. The number of rotatable bonds is 1. The molecule has 0 amide bonds. The van der Waals surface area contributed by atoms with Gasteiger partial charge in [0.1, 0.15) is 5.76 Å². The summed E-state index contributed by atoms with van der Waals surface area (Å²) in [5.41, 5.74) is 6.12. The molecule has 2 atom stereocenters. The van der Waals surface area contributed by atoms with Crippen LogP contribution in [0.3, 0.4) is 0 Å². The molecule has 2 N–H and O–H groups in total. The first-order valence-electron chi connectivity index (χ1n) is 4.52. The van der Waals surface area contributed by atoms with E-state index in [0.29, 0.717) is 12.0 Å². The van der Waals surface area contributed by atoms with Gasteiger partial charge in [-0.25, -0.2) is 0 Å². The Kier molecular flexibility index (Phi) is 2.04. The standard InChI is InChI=1S/C10H14BrNO/c1-10(2)6(5-8(10)12)7-3-4-9(11)13-7/h3-4,6,8H,5,12H2,1-2H3. The first kappa shape index (κ1) is 9.28. The Bertz CT molecular complexity index is 318. The van der Waals surface area contributed by atoms with Gasteiger partial charge in [-0.05, 0) is 39.9 Å². The Labute approximate surface area is 86.6 Å². The van der Waals surface area contributed by atoms with Gasteiger partial charge >= 0.3 is 0 Å². The molecule has 2 rings (SSSR count). The fourth-order valence-corrected chi connectivity index (χ4v) is 2.28. The molecule has 72 valence electrons. The summed E-state index contributed by atoms with van der Waals surface area (Å²) >= 11 is 3.31. The van der Waals surface area contributed by atoms with Crippen molar-refractivity contribution in [3.8, 4) is 0 Å². The van der Waals surface area contributed by atoms with E-state index in [1.54, 1.807) is 0 Å². The van der Waals surface area contributed by atoms with E-state index in [1.165, 1.54) is 0 Å². The lowest BCUT2D eigenvalue weighted by Crippen LogP contribution is -2.52. The van der Waals surface area contributed by atoms with Crippen LogP contribution in [0.25, 0.3) is 0 Å². The molecule has 1 aromatic heterocycles. The molecule has 1 aromatic rings. The van der Waals surface area contributed by atoms with Crippen LogP contribution in [0.1, 0.15) is 31.9 Å². The van der Waals surface area contributed by atoms with Crippen LogP contribution in [-0.4, -0.2) is 6.04 Å². The third kappa shape index (κ3) is 1.34. The molecule has 0 spiro atoms. The van der Waals surface area contributed by atoms with E-state index >= 15 is 0 Å². The molecule has 0 radical (unpaired) electrons. The maximum atomic E-state index is 5.94. The fourth-order valence-electron chi connectivity index (χ4n) is 1.96. The zero-order chi connectivity index (χ0) is 9.64. The lowest BCUT2D eigenvalue weighted by atomic mass is 9.58. The molecule has 1 fully saturated rings. The second kappa shape index (κ2) is 2.85. The number of nitrogens with two attached hydrogens (primary N) is 1. The SMILES string of the molecule is CC1(C)C(N)CC1c1ccc(Br)o1. The summed E-state index contributed by atoms with van der Waals surface area (Å²) in [5.74, 6) is 1.53. The quantitative estimate of drug-likeness (QED) is 0.824. The number of hydrogen-bond donors (Lipinski definition) is 1. The van der Waals surface area contributed by atoms with E-state index in [2.05, 4.69) is 29.8 Å². The molecule has 2 unspecified atom stereocenters. The Morgan fingerprint density at radius 3 is 2.62 bits per heavy atom. The average molecular weight is 244 g/mol. The van der Waals surface area contributed by atoms with Crippen LogP contribution < -0.4 is 5.73 Å². The van der Waals surface area contributed by atoms with Crippen molar-refractivity contribution >= 4 is 15.9 Å². The van der Waals surface area contributed by atoms with E-state index in [0.717, 1.165) is 16.9 Å². The van der Waals surface area contributed by atoms with Crippen molar-refractivity contribution in [3.63, 3.8) is 0 Å². The van der Waals surface area contributed by atoms with Gasteiger partial charge in [0.25, 0.3) is 0 Å². The Balaban J connectivity index is 2.21. The maximum Gasteiger partial charge on any atom is 0.169 e. The molecule has 0 aliphatic heterocycles. The third-order valence-corrected chi connectivity index (χ3v) is 3.71. The lowest BCUT2D eigenvalue weighted by Gasteiger charge is -2.49. The molecule has 0 aromatic carbocycles. The van der Waals surface area contributed by atoms with Crippen molar-refractivity contribution in [3.05, 3.63) is 22.6 Å². The highest BCUT2D eigenvalue weighted by Gasteiger charge is 2.48.